The van der Waals surface area contributed by atoms with Gasteiger partial charge in [0.25, 0.3) is 5.91 Å². The number of esters is 1. The molecule has 7 heteroatoms. The van der Waals surface area contributed by atoms with E-state index < -0.39 is 35.5 Å². The Morgan fingerprint density at radius 1 is 1.15 bits per heavy atom. The minimum atomic E-state index is -2.10. The highest BCUT2D eigenvalue weighted by Gasteiger charge is 2.51. The quantitative estimate of drug-likeness (QED) is 0.652. The minimum absolute atomic E-state index is 0.177. The molecule has 1 aliphatic heterocycles. The number of aliphatic hydroxyl groups is 1. The van der Waals surface area contributed by atoms with Gasteiger partial charge in [0.1, 0.15) is 12.4 Å². The molecule has 26 heavy (non-hydrogen) atoms. The Bertz CT molecular complexity index is 880. The summed E-state index contributed by atoms with van der Waals surface area (Å²) in [4.78, 5) is 38.0. The van der Waals surface area contributed by atoms with Gasteiger partial charge >= 0.3 is 5.97 Å². The number of ether oxygens (including phenoxy) is 1. The van der Waals surface area contributed by atoms with Crippen LogP contribution in [0.4, 0.5) is 10.1 Å². The number of hydrogen-bond acceptors (Lipinski definition) is 5. The number of carbonyl (C=O) groups excluding carboxylic acids is 3. The Morgan fingerprint density at radius 3 is 2.46 bits per heavy atom. The highest BCUT2D eigenvalue weighted by Crippen LogP contribution is 2.42. The van der Waals surface area contributed by atoms with Crippen molar-refractivity contribution < 1.29 is 28.6 Å². The smallest absolute Gasteiger partial charge is 0.325 e. The summed E-state index contributed by atoms with van der Waals surface area (Å²) in [6, 6.07) is 11.2. The van der Waals surface area contributed by atoms with E-state index in [-0.39, 0.29) is 17.7 Å². The zero-order chi connectivity index (χ0) is 18.9. The van der Waals surface area contributed by atoms with Crippen molar-refractivity contribution >= 4 is 23.3 Å². The summed E-state index contributed by atoms with van der Waals surface area (Å²) in [5, 5.41) is 11.0. The number of anilines is 1. The van der Waals surface area contributed by atoms with Gasteiger partial charge in [-0.1, -0.05) is 18.2 Å². The second-order valence-corrected chi connectivity index (χ2v) is 5.95. The highest BCUT2D eigenvalue weighted by molar-refractivity contribution is 6.12. The van der Waals surface area contributed by atoms with Crippen LogP contribution in [0.2, 0.25) is 0 Å². The van der Waals surface area contributed by atoms with Gasteiger partial charge < -0.3 is 9.84 Å². The number of nitrogens with zero attached hydrogens (tertiary/aromatic N) is 1. The number of methoxy groups -OCH3 is 1. The number of rotatable bonds is 5. The van der Waals surface area contributed by atoms with Crippen molar-refractivity contribution in [2.45, 2.75) is 12.0 Å². The summed E-state index contributed by atoms with van der Waals surface area (Å²) in [6.45, 7) is -0.376. The SMILES string of the molecule is COC(=O)CN1C(=O)[C@@](O)(CC(=O)c2ccc(F)cc2)c2ccccc21. The molecule has 0 aromatic heterocycles. The lowest BCUT2D eigenvalue weighted by Gasteiger charge is -2.22. The Hall–Kier alpha value is -3.06. The van der Waals surface area contributed by atoms with Crippen LogP contribution in [0.1, 0.15) is 22.3 Å². The summed E-state index contributed by atoms with van der Waals surface area (Å²) >= 11 is 0. The summed E-state index contributed by atoms with van der Waals surface area (Å²) < 4.78 is 17.6. The Morgan fingerprint density at radius 2 is 1.81 bits per heavy atom. The van der Waals surface area contributed by atoms with Crippen LogP contribution >= 0.6 is 0 Å². The molecule has 6 nitrogen and oxygen atoms in total. The van der Waals surface area contributed by atoms with Gasteiger partial charge in [0.15, 0.2) is 11.4 Å². The summed E-state index contributed by atoms with van der Waals surface area (Å²) in [6.07, 6.45) is -0.522. The van der Waals surface area contributed by atoms with Crippen molar-refractivity contribution in [2.75, 3.05) is 18.6 Å². The molecular formula is C19H16FNO5. The summed E-state index contributed by atoms with van der Waals surface area (Å²) in [5.74, 6) is -2.44. The molecular weight excluding hydrogens is 341 g/mol. The molecule has 2 aromatic carbocycles. The number of ketones is 1. The monoisotopic (exact) mass is 357 g/mol. The van der Waals surface area contributed by atoms with Gasteiger partial charge in [-0.25, -0.2) is 4.39 Å². The van der Waals surface area contributed by atoms with Gasteiger partial charge in [0, 0.05) is 11.1 Å². The molecule has 134 valence electrons. The maximum atomic E-state index is 13.0. The molecule has 1 heterocycles. The summed E-state index contributed by atoms with van der Waals surface area (Å²) in [5.41, 5.74) is -1.34. The second kappa shape index (κ2) is 6.68. The fourth-order valence-electron chi connectivity index (χ4n) is 3.00. The number of hydrogen-bond donors (Lipinski definition) is 1. The molecule has 3 rings (SSSR count). The highest BCUT2D eigenvalue weighted by atomic mass is 19.1. The number of para-hydroxylation sites is 1. The van der Waals surface area contributed by atoms with Crippen molar-refractivity contribution in [3.8, 4) is 0 Å². The standard InChI is InChI=1S/C19H16FNO5/c1-26-17(23)11-21-15-5-3-2-4-14(15)19(25,18(21)24)10-16(22)12-6-8-13(20)9-7-12/h2-9,25H,10-11H2,1H3/t19-/m1/s1. The van der Waals surface area contributed by atoms with E-state index in [1.165, 1.54) is 25.3 Å². The number of Topliss-reactive ketones (excluding diaryl/α,β-unsaturated/α-hetero) is 1. The molecule has 0 fully saturated rings. The van der Waals surface area contributed by atoms with Crippen LogP contribution in [0.15, 0.2) is 48.5 Å². The molecule has 0 aliphatic carbocycles. The van der Waals surface area contributed by atoms with Crippen LogP contribution in [-0.4, -0.2) is 36.4 Å². The van der Waals surface area contributed by atoms with Crippen molar-refractivity contribution in [3.63, 3.8) is 0 Å². The van der Waals surface area contributed by atoms with Gasteiger partial charge in [0.2, 0.25) is 0 Å². The van der Waals surface area contributed by atoms with Crippen LogP contribution in [0, 0.1) is 5.82 Å². The van der Waals surface area contributed by atoms with Crippen molar-refractivity contribution in [1.82, 2.24) is 0 Å². The second-order valence-electron chi connectivity index (χ2n) is 5.95. The molecule has 0 saturated carbocycles. The maximum Gasteiger partial charge on any atom is 0.325 e. The van der Waals surface area contributed by atoms with Crippen molar-refractivity contribution in [2.24, 2.45) is 0 Å². The first kappa shape index (κ1) is 17.8. The van der Waals surface area contributed by atoms with Gasteiger partial charge in [-0.2, -0.15) is 0 Å². The lowest BCUT2D eigenvalue weighted by Crippen LogP contribution is -2.43. The first-order chi connectivity index (χ1) is 12.4. The molecule has 0 spiro atoms. The van der Waals surface area contributed by atoms with Gasteiger partial charge in [-0.05, 0) is 30.3 Å². The number of amides is 1. The predicted octanol–water partition coefficient (Wildman–Crippen LogP) is 1.81. The topological polar surface area (TPSA) is 83.9 Å². The fourth-order valence-corrected chi connectivity index (χ4v) is 3.00. The third-order valence-corrected chi connectivity index (χ3v) is 4.34. The van der Waals surface area contributed by atoms with E-state index in [0.29, 0.717) is 5.69 Å². The summed E-state index contributed by atoms with van der Waals surface area (Å²) in [7, 11) is 1.19. The van der Waals surface area contributed by atoms with Gasteiger partial charge in [0.05, 0.1) is 19.2 Å². The number of halogens is 1. The van der Waals surface area contributed by atoms with Crippen LogP contribution in [-0.2, 0) is 19.9 Å². The third kappa shape index (κ3) is 2.97. The van der Waals surface area contributed by atoms with Crippen molar-refractivity contribution in [3.05, 3.63) is 65.5 Å². The van der Waals surface area contributed by atoms with E-state index in [0.717, 1.165) is 17.0 Å². The number of benzene rings is 2. The molecule has 0 saturated heterocycles. The van der Waals surface area contributed by atoms with Gasteiger partial charge in [-0.15, -0.1) is 0 Å². The van der Waals surface area contributed by atoms with Gasteiger partial charge in [-0.3, -0.25) is 19.3 Å². The van der Waals surface area contributed by atoms with E-state index in [1.807, 2.05) is 0 Å². The van der Waals surface area contributed by atoms with E-state index in [9.17, 15) is 23.9 Å². The third-order valence-electron chi connectivity index (χ3n) is 4.34. The number of carbonyl (C=O) groups is 3. The molecule has 1 amide bonds. The minimum Gasteiger partial charge on any atom is -0.468 e. The first-order valence-corrected chi connectivity index (χ1v) is 7.86. The lowest BCUT2D eigenvalue weighted by molar-refractivity contribution is -0.142. The maximum absolute atomic E-state index is 13.0. The zero-order valence-corrected chi connectivity index (χ0v) is 13.9. The van der Waals surface area contributed by atoms with Crippen LogP contribution < -0.4 is 4.90 Å². The van der Waals surface area contributed by atoms with E-state index in [4.69, 9.17) is 0 Å². The average molecular weight is 357 g/mol. The lowest BCUT2D eigenvalue weighted by atomic mass is 9.88. The molecule has 1 N–H and O–H groups in total. The fraction of sp³-hybridized carbons (Fsp3) is 0.211. The normalized spacial score (nSPS) is 18.6. The molecule has 0 unspecified atom stereocenters. The molecule has 1 aliphatic rings. The van der Waals surface area contributed by atoms with E-state index in [2.05, 4.69) is 4.74 Å². The Kier molecular flexibility index (Phi) is 4.56. The molecule has 0 bridgehead atoms. The Balaban J connectivity index is 1.95. The van der Waals surface area contributed by atoms with E-state index in [1.54, 1.807) is 18.2 Å². The zero-order valence-electron chi connectivity index (χ0n) is 13.9. The van der Waals surface area contributed by atoms with Crippen LogP contribution in [0.5, 0.6) is 0 Å². The average Bonchev–Trinajstić information content (AvgIpc) is 2.84. The van der Waals surface area contributed by atoms with E-state index >= 15 is 0 Å². The Labute approximate surface area is 148 Å². The molecule has 2 aromatic rings. The van der Waals surface area contributed by atoms with Crippen molar-refractivity contribution in [1.29, 1.82) is 0 Å². The molecule has 1 atom stereocenters. The first-order valence-electron chi connectivity index (χ1n) is 7.86. The molecule has 0 radical (unpaired) electrons. The number of fused-ring (bicyclic) bond motifs is 1. The predicted molar refractivity (Wildman–Crippen MR) is 90.1 cm³/mol. The van der Waals surface area contributed by atoms with Crippen LogP contribution in [0.3, 0.4) is 0 Å². The largest absolute Gasteiger partial charge is 0.468 e. The van der Waals surface area contributed by atoms with Crippen LogP contribution in [0.25, 0.3) is 0 Å².